The molecular formula is C19H24F2N2O2. The summed E-state index contributed by atoms with van der Waals surface area (Å²) < 4.78 is 26.3. The number of rotatable bonds is 3. The summed E-state index contributed by atoms with van der Waals surface area (Å²) in [6, 6.07) is 3.48. The van der Waals surface area contributed by atoms with Gasteiger partial charge in [0, 0.05) is 30.6 Å². The second kappa shape index (κ2) is 7.93. The van der Waals surface area contributed by atoms with Crippen molar-refractivity contribution in [2.75, 3.05) is 13.1 Å². The Morgan fingerprint density at radius 3 is 2.28 bits per heavy atom. The molecule has 1 saturated carbocycles. The predicted octanol–water partition coefficient (Wildman–Crippen LogP) is 3.27. The molecule has 0 spiro atoms. The molecule has 1 aromatic rings. The molecule has 1 saturated heterocycles. The molecule has 136 valence electrons. The molecule has 0 atom stereocenters. The number of likely N-dealkylation sites (tertiary alicyclic amines) is 1. The number of nitrogens with one attached hydrogen (secondary N) is 1. The summed E-state index contributed by atoms with van der Waals surface area (Å²) >= 11 is 0. The van der Waals surface area contributed by atoms with Gasteiger partial charge < -0.3 is 10.2 Å². The van der Waals surface area contributed by atoms with E-state index in [1.807, 2.05) is 0 Å². The van der Waals surface area contributed by atoms with E-state index in [-0.39, 0.29) is 23.3 Å². The molecule has 2 amide bonds. The number of benzene rings is 1. The Labute approximate surface area is 146 Å². The number of amides is 2. The number of hydrogen-bond donors (Lipinski definition) is 1. The van der Waals surface area contributed by atoms with Crippen molar-refractivity contribution in [3.8, 4) is 0 Å². The minimum atomic E-state index is -1.02. The van der Waals surface area contributed by atoms with Gasteiger partial charge in [-0.3, -0.25) is 9.59 Å². The minimum absolute atomic E-state index is 0.0732. The maximum atomic E-state index is 13.3. The third-order valence-corrected chi connectivity index (χ3v) is 5.27. The molecule has 1 N–H and O–H groups in total. The summed E-state index contributed by atoms with van der Waals surface area (Å²) in [4.78, 5) is 26.4. The quantitative estimate of drug-likeness (QED) is 0.910. The Bertz CT molecular complexity index is 636. The van der Waals surface area contributed by atoms with Crippen LogP contribution in [0, 0.1) is 17.6 Å². The highest BCUT2D eigenvalue weighted by atomic mass is 19.2. The lowest BCUT2D eigenvalue weighted by Gasteiger charge is -2.33. The average Bonchev–Trinajstić information content (AvgIpc) is 2.64. The first-order valence-electron chi connectivity index (χ1n) is 9.09. The van der Waals surface area contributed by atoms with Crippen molar-refractivity contribution >= 4 is 11.8 Å². The van der Waals surface area contributed by atoms with Crippen LogP contribution in [0.2, 0.25) is 0 Å². The number of piperidine rings is 1. The van der Waals surface area contributed by atoms with Gasteiger partial charge in [-0.15, -0.1) is 0 Å². The Balaban J connectivity index is 1.51. The van der Waals surface area contributed by atoms with Crippen molar-refractivity contribution in [2.24, 2.45) is 5.92 Å². The fourth-order valence-electron chi connectivity index (χ4n) is 3.72. The van der Waals surface area contributed by atoms with Gasteiger partial charge in [0.15, 0.2) is 11.6 Å². The number of nitrogens with zero attached hydrogens (tertiary/aromatic N) is 1. The second-order valence-electron chi connectivity index (χ2n) is 7.04. The molecule has 25 heavy (non-hydrogen) atoms. The van der Waals surface area contributed by atoms with Crippen LogP contribution in [0.25, 0.3) is 0 Å². The van der Waals surface area contributed by atoms with Crippen molar-refractivity contribution in [1.82, 2.24) is 10.2 Å². The largest absolute Gasteiger partial charge is 0.353 e. The maximum absolute atomic E-state index is 13.3. The van der Waals surface area contributed by atoms with Gasteiger partial charge in [-0.2, -0.15) is 0 Å². The van der Waals surface area contributed by atoms with Gasteiger partial charge in [-0.1, -0.05) is 19.3 Å². The van der Waals surface area contributed by atoms with Crippen molar-refractivity contribution < 1.29 is 18.4 Å². The molecule has 2 aliphatic rings. The topological polar surface area (TPSA) is 49.4 Å². The van der Waals surface area contributed by atoms with E-state index in [2.05, 4.69) is 5.32 Å². The second-order valence-corrected chi connectivity index (χ2v) is 7.04. The van der Waals surface area contributed by atoms with Crippen molar-refractivity contribution in [3.05, 3.63) is 35.4 Å². The lowest BCUT2D eigenvalue weighted by molar-refractivity contribution is -0.127. The van der Waals surface area contributed by atoms with Gasteiger partial charge in [0.2, 0.25) is 5.91 Å². The highest BCUT2D eigenvalue weighted by Crippen LogP contribution is 2.22. The number of carbonyl (C=O) groups is 2. The Kier molecular flexibility index (Phi) is 5.66. The van der Waals surface area contributed by atoms with Gasteiger partial charge in [-0.05, 0) is 43.9 Å². The lowest BCUT2D eigenvalue weighted by atomic mass is 9.92. The van der Waals surface area contributed by atoms with Crippen LogP contribution in [0.5, 0.6) is 0 Å². The van der Waals surface area contributed by atoms with Crippen LogP contribution in [0.1, 0.15) is 55.3 Å². The molecule has 1 heterocycles. The summed E-state index contributed by atoms with van der Waals surface area (Å²) in [6.45, 7) is 0.918. The third kappa shape index (κ3) is 4.35. The Morgan fingerprint density at radius 1 is 0.960 bits per heavy atom. The standard InChI is InChI=1S/C19H24F2N2O2/c20-16-7-6-14(12-17(16)21)19(25)23-10-8-13(9-11-23)18(24)22-15-4-2-1-3-5-15/h6-7,12-13,15H,1-5,8-11H2,(H,22,24). The molecule has 2 fully saturated rings. The normalized spacial score (nSPS) is 19.7. The predicted molar refractivity (Wildman–Crippen MR) is 90.0 cm³/mol. The molecule has 1 aliphatic carbocycles. The molecule has 4 nitrogen and oxygen atoms in total. The van der Waals surface area contributed by atoms with Crippen LogP contribution in [0.3, 0.4) is 0 Å². The van der Waals surface area contributed by atoms with Crippen molar-refractivity contribution in [1.29, 1.82) is 0 Å². The monoisotopic (exact) mass is 350 g/mol. The lowest BCUT2D eigenvalue weighted by Crippen LogP contribution is -2.45. The van der Waals surface area contributed by atoms with Crippen LogP contribution in [0.4, 0.5) is 8.78 Å². The first-order chi connectivity index (χ1) is 12.0. The molecule has 0 bridgehead atoms. The van der Waals surface area contributed by atoms with Crippen LogP contribution < -0.4 is 5.32 Å². The van der Waals surface area contributed by atoms with Gasteiger partial charge in [0.05, 0.1) is 0 Å². The summed E-state index contributed by atoms with van der Waals surface area (Å²) in [5.41, 5.74) is 0.143. The van der Waals surface area contributed by atoms with Crippen LogP contribution in [-0.4, -0.2) is 35.8 Å². The van der Waals surface area contributed by atoms with E-state index in [9.17, 15) is 18.4 Å². The molecule has 1 aromatic carbocycles. The molecule has 6 heteroatoms. The number of carbonyl (C=O) groups excluding carboxylic acids is 2. The fourth-order valence-corrected chi connectivity index (χ4v) is 3.72. The van der Waals surface area contributed by atoms with Crippen LogP contribution >= 0.6 is 0 Å². The van der Waals surface area contributed by atoms with Gasteiger partial charge in [0.25, 0.3) is 5.91 Å². The summed E-state index contributed by atoms with van der Waals surface area (Å²) in [5, 5.41) is 3.14. The summed E-state index contributed by atoms with van der Waals surface area (Å²) in [6.07, 6.45) is 6.91. The van der Waals surface area contributed by atoms with Crippen LogP contribution in [0.15, 0.2) is 18.2 Å². The Morgan fingerprint density at radius 2 is 1.64 bits per heavy atom. The summed E-state index contributed by atoms with van der Waals surface area (Å²) in [7, 11) is 0. The summed E-state index contributed by atoms with van der Waals surface area (Å²) in [5.74, 6) is -2.28. The SMILES string of the molecule is O=C(NC1CCCCC1)C1CCN(C(=O)c2ccc(F)c(F)c2)CC1. The van der Waals surface area contributed by atoms with E-state index < -0.39 is 11.6 Å². The molecular weight excluding hydrogens is 326 g/mol. The van der Waals surface area contributed by atoms with E-state index in [1.54, 1.807) is 4.90 Å². The van der Waals surface area contributed by atoms with Crippen LogP contribution in [-0.2, 0) is 4.79 Å². The molecule has 0 unspecified atom stereocenters. The van der Waals surface area contributed by atoms with Crippen molar-refractivity contribution in [2.45, 2.75) is 51.0 Å². The molecule has 3 rings (SSSR count). The maximum Gasteiger partial charge on any atom is 0.253 e. The number of hydrogen-bond acceptors (Lipinski definition) is 2. The van der Waals surface area contributed by atoms with E-state index in [4.69, 9.17) is 0 Å². The highest BCUT2D eigenvalue weighted by Gasteiger charge is 2.29. The van der Waals surface area contributed by atoms with Gasteiger partial charge >= 0.3 is 0 Å². The molecule has 0 radical (unpaired) electrons. The van der Waals surface area contributed by atoms with E-state index in [0.717, 1.165) is 25.0 Å². The smallest absolute Gasteiger partial charge is 0.253 e. The van der Waals surface area contributed by atoms with E-state index in [0.29, 0.717) is 32.0 Å². The van der Waals surface area contributed by atoms with Gasteiger partial charge in [-0.25, -0.2) is 8.78 Å². The zero-order valence-electron chi connectivity index (χ0n) is 14.3. The zero-order chi connectivity index (χ0) is 17.8. The zero-order valence-corrected chi connectivity index (χ0v) is 14.3. The van der Waals surface area contributed by atoms with E-state index in [1.165, 1.54) is 25.3 Å². The van der Waals surface area contributed by atoms with Gasteiger partial charge in [0.1, 0.15) is 0 Å². The Hall–Kier alpha value is -1.98. The number of halogens is 2. The average molecular weight is 350 g/mol. The molecule has 0 aromatic heterocycles. The highest BCUT2D eigenvalue weighted by molar-refractivity contribution is 5.94. The minimum Gasteiger partial charge on any atom is -0.353 e. The first-order valence-corrected chi connectivity index (χ1v) is 9.09. The third-order valence-electron chi connectivity index (χ3n) is 5.27. The van der Waals surface area contributed by atoms with Crippen molar-refractivity contribution in [3.63, 3.8) is 0 Å². The molecule has 1 aliphatic heterocycles. The van der Waals surface area contributed by atoms with E-state index >= 15 is 0 Å². The first kappa shape index (κ1) is 17.8. The fraction of sp³-hybridized carbons (Fsp3) is 0.579.